The molecule has 3 rings (SSSR count). The molecule has 1 aromatic carbocycles. The molecule has 0 unspecified atom stereocenters. The number of aromatic nitrogens is 1. The molecule has 1 fully saturated rings. The number of carbonyl (C=O) groups excluding carboxylic acids is 1. The van der Waals surface area contributed by atoms with Gasteiger partial charge in [0, 0.05) is 29.2 Å². The molecule has 1 saturated carbocycles. The molecule has 4 nitrogen and oxygen atoms in total. The van der Waals surface area contributed by atoms with Crippen LogP contribution >= 0.6 is 0 Å². The number of carbonyl (C=O) groups is 1. The Balaban J connectivity index is 1.89. The molecule has 0 atom stereocenters. The highest BCUT2D eigenvalue weighted by Crippen LogP contribution is 2.29. The van der Waals surface area contributed by atoms with E-state index in [2.05, 4.69) is 10.3 Å². The Morgan fingerprint density at radius 2 is 2.11 bits per heavy atom. The lowest BCUT2D eigenvalue weighted by atomic mass is 9.97. The van der Waals surface area contributed by atoms with Gasteiger partial charge in [0.05, 0.1) is 5.54 Å². The number of fused-ring (bicyclic) bond motifs is 1. The Morgan fingerprint density at radius 3 is 2.84 bits per heavy atom. The minimum absolute atomic E-state index is 0.0162. The largest absolute Gasteiger partial charge is 0.361 e. The van der Waals surface area contributed by atoms with E-state index in [9.17, 15) is 4.79 Å². The van der Waals surface area contributed by atoms with Crippen molar-refractivity contribution in [1.29, 1.82) is 0 Å². The molecule has 0 saturated heterocycles. The fourth-order valence-electron chi connectivity index (χ4n) is 3.02. The van der Waals surface area contributed by atoms with Crippen molar-refractivity contribution in [2.45, 2.75) is 31.2 Å². The van der Waals surface area contributed by atoms with Crippen LogP contribution in [0.15, 0.2) is 30.5 Å². The van der Waals surface area contributed by atoms with Crippen molar-refractivity contribution >= 4 is 16.8 Å². The molecular weight excluding hydrogens is 238 g/mol. The molecule has 100 valence electrons. The van der Waals surface area contributed by atoms with E-state index in [1.807, 2.05) is 30.5 Å². The van der Waals surface area contributed by atoms with Crippen LogP contribution in [0.1, 0.15) is 36.0 Å². The number of benzene rings is 1. The fraction of sp³-hybridized carbons (Fsp3) is 0.400. The lowest BCUT2D eigenvalue weighted by Crippen LogP contribution is -2.51. The van der Waals surface area contributed by atoms with E-state index >= 15 is 0 Å². The van der Waals surface area contributed by atoms with Gasteiger partial charge in [-0.25, -0.2) is 0 Å². The predicted octanol–water partition coefficient (Wildman–Crippen LogP) is 2.17. The second kappa shape index (κ2) is 4.70. The first-order valence-corrected chi connectivity index (χ1v) is 6.83. The van der Waals surface area contributed by atoms with E-state index in [-0.39, 0.29) is 11.4 Å². The lowest BCUT2D eigenvalue weighted by Gasteiger charge is -2.28. The molecule has 0 bridgehead atoms. The Kier molecular flexibility index (Phi) is 3.03. The van der Waals surface area contributed by atoms with E-state index < -0.39 is 0 Å². The summed E-state index contributed by atoms with van der Waals surface area (Å²) in [6, 6.07) is 7.68. The van der Waals surface area contributed by atoms with Gasteiger partial charge in [-0.05, 0) is 31.0 Å². The van der Waals surface area contributed by atoms with Crippen LogP contribution in [0.5, 0.6) is 0 Å². The van der Waals surface area contributed by atoms with E-state index in [4.69, 9.17) is 5.73 Å². The highest BCUT2D eigenvalue weighted by Gasteiger charge is 2.34. The fourth-order valence-corrected chi connectivity index (χ4v) is 3.02. The monoisotopic (exact) mass is 257 g/mol. The Hall–Kier alpha value is -1.81. The maximum Gasteiger partial charge on any atom is 0.252 e. The van der Waals surface area contributed by atoms with Gasteiger partial charge < -0.3 is 16.0 Å². The first-order chi connectivity index (χ1) is 9.24. The second-order valence-electron chi connectivity index (χ2n) is 5.39. The van der Waals surface area contributed by atoms with Crippen LogP contribution in [0.4, 0.5) is 0 Å². The number of aromatic amines is 1. The maximum absolute atomic E-state index is 12.5. The van der Waals surface area contributed by atoms with Gasteiger partial charge in [0.15, 0.2) is 0 Å². The van der Waals surface area contributed by atoms with E-state index in [0.29, 0.717) is 6.54 Å². The molecule has 0 radical (unpaired) electrons. The van der Waals surface area contributed by atoms with Gasteiger partial charge in [-0.3, -0.25) is 4.79 Å². The van der Waals surface area contributed by atoms with Crippen LogP contribution in [0.3, 0.4) is 0 Å². The molecule has 2 aromatic rings. The summed E-state index contributed by atoms with van der Waals surface area (Å²) in [6.07, 6.45) is 6.12. The molecule has 19 heavy (non-hydrogen) atoms. The zero-order chi connectivity index (χ0) is 13.3. The summed E-state index contributed by atoms with van der Waals surface area (Å²) < 4.78 is 0. The van der Waals surface area contributed by atoms with Gasteiger partial charge >= 0.3 is 0 Å². The van der Waals surface area contributed by atoms with E-state index in [1.54, 1.807) is 0 Å². The standard InChI is InChI=1S/C15H19N3O/c16-10-15(7-1-2-8-15)18-14(19)12-4-3-5-13-11(12)6-9-17-13/h3-6,9,17H,1-2,7-8,10,16H2,(H,18,19). The Morgan fingerprint density at radius 1 is 1.32 bits per heavy atom. The van der Waals surface area contributed by atoms with Gasteiger partial charge in [0.1, 0.15) is 0 Å². The molecule has 1 aliphatic rings. The van der Waals surface area contributed by atoms with Gasteiger partial charge in [-0.1, -0.05) is 18.9 Å². The summed E-state index contributed by atoms with van der Waals surface area (Å²) in [4.78, 5) is 15.6. The zero-order valence-electron chi connectivity index (χ0n) is 10.9. The smallest absolute Gasteiger partial charge is 0.252 e. The molecule has 0 spiro atoms. The average molecular weight is 257 g/mol. The van der Waals surface area contributed by atoms with Crippen molar-refractivity contribution in [3.8, 4) is 0 Å². The normalized spacial score (nSPS) is 17.7. The Bertz CT molecular complexity index is 596. The van der Waals surface area contributed by atoms with Crippen LogP contribution in [0.2, 0.25) is 0 Å². The third-order valence-corrected chi connectivity index (χ3v) is 4.17. The lowest BCUT2D eigenvalue weighted by molar-refractivity contribution is 0.0905. The third-order valence-electron chi connectivity index (χ3n) is 4.17. The molecule has 1 aromatic heterocycles. The quantitative estimate of drug-likeness (QED) is 0.788. The van der Waals surface area contributed by atoms with E-state index in [1.165, 1.54) is 0 Å². The van der Waals surface area contributed by atoms with Crippen LogP contribution < -0.4 is 11.1 Å². The Labute approximate surface area is 112 Å². The number of amides is 1. The minimum Gasteiger partial charge on any atom is -0.361 e. The van der Waals surface area contributed by atoms with Crippen molar-refractivity contribution in [3.05, 3.63) is 36.0 Å². The highest BCUT2D eigenvalue weighted by molar-refractivity contribution is 6.06. The first-order valence-electron chi connectivity index (χ1n) is 6.83. The molecule has 1 amide bonds. The number of nitrogens with two attached hydrogens (primary N) is 1. The van der Waals surface area contributed by atoms with Gasteiger partial charge in [0.2, 0.25) is 0 Å². The van der Waals surface area contributed by atoms with Crippen molar-refractivity contribution in [3.63, 3.8) is 0 Å². The number of rotatable bonds is 3. The third kappa shape index (κ3) is 2.12. The van der Waals surface area contributed by atoms with Crippen LogP contribution in [-0.2, 0) is 0 Å². The molecule has 1 aliphatic carbocycles. The number of hydrogen-bond acceptors (Lipinski definition) is 2. The first kappa shape index (κ1) is 12.2. The maximum atomic E-state index is 12.5. The van der Waals surface area contributed by atoms with Gasteiger partial charge in [-0.2, -0.15) is 0 Å². The average Bonchev–Trinajstić information content (AvgIpc) is 3.06. The topological polar surface area (TPSA) is 70.9 Å². The molecule has 4 N–H and O–H groups in total. The number of nitrogens with one attached hydrogen (secondary N) is 2. The second-order valence-corrected chi connectivity index (χ2v) is 5.39. The van der Waals surface area contributed by atoms with Crippen LogP contribution in [0, 0.1) is 0 Å². The summed E-state index contributed by atoms with van der Waals surface area (Å²) in [5.41, 5.74) is 7.38. The van der Waals surface area contributed by atoms with Crippen molar-refractivity contribution in [1.82, 2.24) is 10.3 Å². The van der Waals surface area contributed by atoms with Crippen LogP contribution in [-0.4, -0.2) is 23.0 Å². The van der Waals surface area contributed by atoms with Gasteiger partial charge in [-0.15, -0.1) is 0 Å². The minimum atomic E-state index is -0.199. The molecule has 4 heteroatoms. The summed E-state index contributed by atoms with van der Waals surface area (Å²) in [5, 5.41) is 4.13. The highest BCUT2D eigenvalue weighted by atomic mass is 16.1. The van der Waals surface area contributed by atoms with Crippen molar-refractivity contribution in [2.75, 3.05) is 6.54 Å². The molecule has 0 aliphatic heterocycles. The summed E-state index contributed by atoms with van der Waals surface area (Å²) in [5.74, 6) is -0.0162. The van der Waals surface area contributed by atoms with Gasteiger partial charge in [0.25, 0.3) is 5.91 Å². The van der Waals surface area contributed by atoms with Crippen molar-refractivity contribution in [2.24, 2.45) is 5.73 Å². The SMILES string of the molecule is NCC1(NC(=O)c2cccc3[nH]ccc23)CCCC1. The van der Waals surface area contributed by atoms with Crippen LogP contribution in [0.25, 0.3) is 10.9 Å². The number of H-pyrrole nitrogens is 1. The zero-order valence-corrected chi connectivity index (χ0v) is 10.9. The molecule has 1 heterocycles. The van der Waals surface area contributed by atoms with E-state index in [0.717, 1.165) is 42.1 Å². The summed E-state index contributed by atoms with van der Waals surface area (Å²) in [7, 11) is 0. The predicted molar refractivity (Wildman–Crippen MR) is 76.0 cm³/mol. The molecular formula is C15H19N3O. The summed E-state index contributed by atoms with van der Waals surface area (Å²) >= 11 is 0. The summed E-state index contributed by atoms with van der Waals surface area (Å²) in [6.45, 7) is 0.516. The number of hydrogen-bond donors (Lipinski definition) is 3. The van der Waals surface area contributed by atoms with Crippen molar-refractivity contribution < 1.29 is 4.79 Å².